The number of fused-ring (bicyclic) bond motifs is 1. The summed E-state index contributed by atoms with van der Waals surface area (Å²) in [5, 5.41) is 0. The Morgan fingerprint density at radius 1 is 1.33 bits per heavy atom. The van der Waals surface area contributed by atoms with E-state index >= 15 is 0 Å². The lowest BCUT2D eigenvalue weighted by Gasteiger charge is -2.16. The molecule has 1 aromatic heterocycles. The molecular formula is C18H23N5O. The van der Waals surface area contributed by atoms with Gasteiger partial charge in [-0.3, -0.25) is 0 Å². The molecule has 3 rings (SSSR count). The van der Waals surface area contributed by atoms with Crippen molar-refractivity contribution in [2.45, 2.75) is 38.5 Å². The summed E-state index contributed by atoms with van der Waals surface area (Å²) in [6, 6.07) is -0.578. The zero-order chi connectivity index (χ0) is 17.1. The molecule has 2 aliphatic rings. The van der Waals surface area contributed by atoms with Gasteiger partial charge in [-0.15, -0.1) is 0 Å². The van der Waals surface area contributed by atoms with Crippen molar-refractivity contribution < 1.29 is 4.79 Å². The monoisotopic (exact) mass is 325 g/mol. The van der Waals surface area contributed by atoms with Crippen molar-refractivity contribution in [3.8, 4) is 0 Å². The van der Waals surface area contributed by atoms with Crippen LogP contribution in [0.15, 0.2) is 42.4 Å². The minimum absolute atomic E-state index is 0.500. The number of rotatable bonds is 5. The highest BCUT2D eigenvalue weighted by atomic mass is 16.2. The highest BCUT2D eigenvalue weighted by molar-refractivity contribution is 6.00. The van der Waals surface area contributed by atoms with Gasteiger partial charge in [0.1, 0.15) is 17.3 Å². The van der Waals surface area contributed by atoms with Gasteiger partial charge in [0, 0.05) is 13.5 Å². The molecule has 6 heteroatoms. The van der Waals surface area contributed by atoms with Gasteiger partial charge >= 0.3 is 6.03 Å². The van der Waals surface area contributed by atoms with Gasteiger partial charge in [0.15, 0.2) is 5.82 Å². The van der Waals surface area contributed by atoms with Crippen LogP contribution in [0.1, 0.15) is 37.9 Å². The molecule has 2 amide bonds. The van der Waals surface area contributed by atoms with E-state index in [1.807, 2.05) is 7.05 Å². The first-order valence-electron chi connectivity index (χ1n) is 8.31. The number of unbranched alkanes of at least 4 members (excludes halogenated alkanes) is 1. The van der Waals surface area contributed by atoms with Crippen molar-refractivity contribution in [3.63, 3.8) is 0 Å². The van der Waals surface area contributed by atoms with Gasteiger partial charge in [-0.25, -0.2) is 19.7 Å². The van der Waals surface area contributed by atoms with Gasteiger partial charge in [0.25, 0.3) is 0 Å². The topological polar surface area (TPSA) is 75.3 Å². The lowest BCUT2D eigenvalue weighted by molar-refractivity contribution is 0.255. The molecule has 24 heavy (non-hydrogen) atoms. The van der Waals surface area contributed by atoms with Crippen LogP contribution in [0.4, 0.5) is 16.3 Å². The lowest BCUT2D eigenvalue weighted by atomic mass is 10.0. The molecule has 0 atom stereocenters. The normalized spacial score (nSPS) is 16.4. The molecule has 1 aliphatic carbocycles. The van der Waals surface area contributed by atoms with Gasteiger partial charge in [-0.2, -0.15) is 0 Å². The van der Waals surface area contributed by atoms with E-state index in [9.17, 15) is 4.79 Å². The summed E-state index contributed by atoms with van der Waals surface area (Å²) in [7, 11) is 1.82. The quantitative estimate of drug-likeness (QED) is 0.843. The Balaban J connectivity index is 1.62. The standard InChI is InChI=1S/C18H23N5O/c1-13-22(2)15-12-20-16(21-17(15)23(13)18(19)24)11-7-6-10-14-8-4-3-5-9-14/h4,8-9,12H,1,3,5-7,10-11H2,2H3,(H2,19,24). The maximum Gasteiger partial charge on any atom is 0.326 e. The maximum atomic E-state index is 11.7. The number of nitrogens with two attached hydrogens (primary N) is 1. The molecule has 126 valence electrons. The molecular weight excluding hydrogens is 302 g/mol. The van der Waals surface area contributed by atoms with E-state index < -0.39 is 6.03 Å². The predicted octanol–water partition coefficient (Wildman–Crippen LogP) is 3.27. The van der Waals surface area contributed by atoms with Gasteiger partial charge in [-0.1, -0.05) is 30.4 Å². The smallest absolute Gasteiger partial charge is 0.326 e. The Morgan fingerprint density at radius 3 is 2.83 bits per heavy atom. The van der Waals surface area contributed by atoms with Crippen LogP contribution in [0, 0.1) is 0 Å². The zero-order valence-electron chi connectivity index (χ0n) is 14.0. The third-order valence-corrected chi connectivity index (χ3v) is 4.43. The number of aryl methyl sites for hydroxylation is 1. The Bertz CT molecular complexity index is 722. The molecule has 0 spiro atoms. The first kappa shape index (κ1) is 16.2. The minimum Gasteiger partial charge on any atom is -0.351 e. The number of aromatic nitrogens is 2. The number of hydrogen-bond donors (Lipinski definition) is 1. The number of urea groups is 1. The van der Waals surface area contributed by atoms with Crippen LogP contribution in [0.5, 0.6) is 0 Å². The SMILES string of the molecule is C=C1N(C)c2cnc(CCCCC3=CCCC=C3)nc2N1C(N)=O. The molecule has 0 radical (unpaired) electrons. The number of carbonyl (C=O) groups excluding carboxylic acids is 1. The highest BCUT2D eigenvalue weighted by Crippen LogP contribution is 2.37. The lowest BCUT2D eigenvalue weighted by Crippen LogP contribution is -2.35. The number of amides is 2. The van der Waals surface area contributed by atoms with E-state index in [2.05, 4.69) is 34.8 Å². The van der Waals surface area contributed by atoms with E-state index in [0.717, 1.165) is 50.0 Å². The summed E-state index contributed by atoms with van der Waals surface area (Å²) >= 11 is 0. The molecule has 0 fully saturated rings. The van der Waals surface area contributed by atoms with Crippen molar-refractivity contribution in [2.24, 2.45) is 5.73 Å². The number of nitrogens with zero attached hydrogens (tertiary/aromatic N) is 4. The summed E-state index contributed by atoms with van der Waals surface area (Å²) in [6.07, 6.45) is 14.8. The minimum atomic E-state index is -0.578. The summed E-state index contributed by atoms with van der Waals surface area (Å²) in [5.41, 5.74) is 7.62. The number of allylic oxidation sites excluding steroid dienone is 4. The van der Waals surface area contributed by atoms with Crippen molar-refractivity contribution in [1.82, 2.24) is 9.97 Å². The van der Waals surface area contributed by atoms with E-state index in [0.29, 0.717) is 11.6 Å². The van der Waals surface area contributed by atoms with Crippen molar-refractivity contribution in [3.05, 3.63) is 48.2 Å². The molecule has 2 N–H and O–H groups in total. The largest absolute Gasteiger partial charge is 0.351 e. The van der Waals surface area contributed by atoms with E-state index in [-0.39, 0.29) is 0 Å². The zero-order valence-corrected chi connectivity index (χ0v) is 14.0. The van der Waals surface area contributed by atoms with Crippen LogP contribution in [0.25, 0.3) is 0 Å². The van der Waals surface area contributed by atoms with Crippen molar-refractivity contribution in [2.75, 3.05) is 16.8 Å². The Morgan fingerprint density at radius 2 is 2.12 bits per heavy atom. The Hall–Kier alpha value is -2.63. The number of hydrogen-bond acceptors (Lipinski definition) is 4. The second-order valence-corrected chi connectivity index (χ2v) is 6.11. The molecule has 0 unspecified atom stereocenters. The molecule has 2 heterocycles. The van der Waals surface area contributed by atoms with Crippen LogP contribution < -0.4 is 15.5 Å². The van der Waals surface area contributed by atoms with Crippen LogP contribution in [-0.4, -0.2) is 23.0 Å². The van der Waals surface area contributed by atoms with E-state index in [1.54, 1.807) is 11.1 Å². The number of primary amides is 1. The van der Waals surface area contributed by atoms with Crippen LogP contribution in [0.2, 0.25) is 0 Å². The third-order valence-electron chi connectivity index (χ3n) is 4.43. The van der Waals surface area contributed by atoms with Crippen LogP contribution in [0.3, 0.4) is 0 Å². The summed E-state index contributed by atoms with van der Waals surface area (Å²) in [6.45, 7) is 3.88. The fourth-order valence-corrected chi connectivity index (χ4v) is 3.03. The van der Waals surface area contributed by atoms with E-state index in [4.69, 9.17) is 5.73 Å². The van der Waals surface area contributed by atoms with Gasteiger partial charge in [0.2, 0.25) is 0 Å². The summed E-state index contributed by atoms with van der Waals surface area (Å²) in [5.74, 6) is 1.76. The first-order chi connectivity index (χ1) is 11.6. The van der Waals surface area contributed by atoms with Crippen molar-refractivity contribution >= 4 is 17.5 Å². The van der Waals surface area contributed by atoms with Gasteiger partial charge in [0.05, 0.1) is 6.20 Å². The fraction of sp³-hybridized carbons (Fsp3) is 0.389. The third kappa shape index (κ3) is 3.18. The second-order valence-electron chi connectivity index (χ2n) is 6.11. The number of carbonyl (C=O) groups is 1. The molecule has 1 aromatic rings. The van der Waals surface area contributed by atoms with Gasteiger partial charge in [-0.05, 0) is 32.1 Å². The molecule has 1 aliphatic heterocycles. The Kier molecular flexibility index (Phi) is 4.64. The summed E-state index contributed by atoms with van der Waals surface area (Å²) in [4.78, 5) is 23.7. The highest BCUT2D eigenvalue weighted by Gasteiger charge is 2.33. The molecule has 0 aromatic carbocycles. The molecule has 0 saturated carbocycles. The predicted molar refractivity (Wildman–Crippen MR) is 95.6 cm³/mol. The number of anilines is 2. The molecule has 0 bridgehead atoms. The first-order valence-corrected chi connectivity index (χ1v) is 8.31. The maximum absolute atomic E-state index is 11.7. The van der Waals surface area contributed by atoms with E-state index in [1.165, 1.54) is 10.5 Å². The average Bonchev–Trinajstić information content (AvgIpc) is 2.83. The van der Waals surface area contributed by atoms with Crippen molar-refractivity contribution in [1.29, 1.82) is 0 Å². The molecule has 0 saturated heterocycles. The average molecular weight is 325 g/mol. The second kappa shape index (κ2) is 6.86. The van der Waals surface area contributed by atoms with Gasteiger partial charge < -0.3 is 10.6 Å². The van der Waals surface area contributed by atoms with Crippen LogP contribution in [-0.2, 0) is 6.42 Å². The summed E-state index contributed by atoms with van der Waals surface area (Å²) < 4.78 is 0. The van der Waals surface area contributed by atoms with Crippen LogP contribution >= 0.6 is 0 Å². The fourth-order valence-electron chi connectivity index (χ4n) is 3.03. The Labute approximate surface area is 142 Å². The molecule has 6 nitrogen and oxygen atoms in total.